The zero-order valence-electron chi connectivity index (χ0n) is 14.8. The quantitative estimate of drug-likeness (QED) is 0.808. The molecule has 0 aliphatic heterocycles. The third kappa shape index (κ3) is 3.14. The monoisotopic (exact) mass is 324 g/mol. The largest absolute Gasteiger partial charge is 0.308 e. The fourth-order valence-corrected chi connectivity index (χ4v) is 3.11. The van der Waals surface area contributed by atoms with Crippen LogP contribution in [0.4, 0.5) is 11.6 Å². The number of carbonyl (C=O) groups is 1. The number of fused-ring (bicyclic) bond motifs is 1. The third-order valence-corrected chi connectivity index (χ3v) is 4.51. The zero-order chi connectivity index (χ0) is 17.5. The Hall–Kier alpha value is -2.35. The molecule has 3 rings (SSSR count). The van der Waals surface area contributed by atoms with Gasteiger partial charge in [-0.25, -0.2) is 9.83 Å². The van der Waals surface area contributed by atoms with Gasteiger partial charge >= 0.3 is 0 Å². The molecule has 1 aromatic carbocycles. The molecule has 24 heavy (non-hydrogen) atoms. The van der Waals surface area contributed by atoms with Crippen molar-refractivity contribution in [2.24, 2.45) is 5.41 Å². The van der Waals surface area contributed by atoms with E-state index in [4.69, 9.17) is 6.57 Å². The third-order valence-electron chi connectivity index (χ3n) is 4.51. The second-order valence-corrected chi connectivity index (χ2v) is 7.91. The van der Waals surface area contributed by atoms with Gasteiger partial charge in [0.05, 0.1) is 17.6 Å². The van der Waals surface area contributed by atoms with Gasteiger partial charge in [-0.2, -0.15) is 0 Å². The average molecular weight is 324 g/mol. The molecular formula is C19H24N4O. The summed E-state index contributed by atoms with van der Waals surface area (Å²) in [5, 5.41) is 3.00. The van der Waals surface area contributed by atoms with Crippen molar-refractivity contribution in [2.45, 2.75) is 59.4 Å². The van der Waals surface area contributed by atoms with E-state index in [0.717, 1.165) is 29.4 Å². The predicted octanol–water partition coefficient (Wildman–Crippen LogP) is 5.00. The van der Waals surface area contributed by atoms with Crippen LogP contribution >= 0.6 is 0 Å². The summed E-state index contributed by atoms with van der Waals surface area (Å²) in [7, 11) is 0. The number of imidazole rings is 1. The molecule has 0 saturated heterocycles. The van der Waals surface area contributed by atoms with Gasteiger partial charge in [-0.05, 0) is 49.3 Å². The fourth-order valence-electron chi connectivity index (χ4n) is 3.11. The highest BCUT2D eigenvalue weighted by atomic mass is 16.1. The van der Waals surface area contributed by atoms with Crippen molar-refractivity contribution in [3.05, 3.63) is 29.1 Å². The topological polar surface area (TPSA) is 51.3 Å². The van der Waals surface area contributed by atoms with Gasteiger partial charge in [0.1, 0.15) is 0 Å². The van der Waals surface area contributed by atoms with Crippen LogP contribution in [0, 0.1) is 18.9 Å². The molecule has 1 amide bonds. The smallest absolute Gasteiger partial charge is 0.227 e. The molecule has 1 aromatic heterocycles. The van der Waals surface area contributed by atoms with Crippen LogP contribution in [0.25, 0.3) is 15.9 Å². The highest BCUT2D eigenvalue weighted by molar-refractivity contribution is 5.93. The lowest BCUT2D eigenvalue weighted by atomic mass is 9.92. The number of carbonyl (C=O) groups excluding carboxylic acids is 1. The van der Waals surface area contributed by atoms with Crippen molar-refractivity contribution in [1.29, 1.82) is 0 Å². The number of amides is 1. The number of nitrogens with one attached hydrogen (secondary N) is 1. The first-order chi connectivity index (χ1) is 11.3. The van der Waals surface area contributed by atoms with Crippen LogP contribution in [-0.2, 0) is 4.79 Å². The molecule has 1 heterocycles. The molecule has 2 aromatic rings. The molecule has 0 radical (unpaired) electrons. The molecule has 1 N–H and O–H groups in total. The molecule has 0 unspecified atom stereocenters. The Kier molecular flexibility index (Phi) is 4.08. The van der Waals surface area contributed by atoms with Crippen molar-refractivity contribution in [3.63, 3.8) is 0 Å². The summed E-state index contributed by atoms with van der Waals surface area (Å²) in [6.07, 6.45) is 3.83. The Bertz CT molecular complexity index is 832. The minimum Gasteiger partial charge on any atom is -0.308 e. The van der Waals surface area contributed by atoms with E-state index in [1.807, 2.05) is 39.8 Å². The Balaban J connectivity index is 2.03. The summed E-state index contributed by atoms with van der Waals surface area (Å²) in [6, 6.07) is 4.21. The molecular weight excluding hydrogens is 300 g/mol. The molecule has 1 aliphatic rings. The maximum absolute atomic E-state index is 12.4. The van der Waals surface area contributed by atoms with Crippen molar-refractivity contribution in [3.8, 4) is 0 Å². The summed E-state index contributed by atoms with van der Waals surface area (Å²) >= 11 is 0. The molecule has 1 fully saturated rings. The van der Waals surface area contributed by atoms with Gasteiger partial charge in [0, 0.05) is 12.5 Å². The Morgan fingerprint density at radius 2 is 2.12 bits per heavy atom. The minimum atomic E-state index is -0.0642. The van der Waals surface area contributed by atoms with E-state index in [1.54, 1.807) is 0 Å². The number of anilines is 1. The van der Waals surface area contributed by atoms with Gasteiger partial charge in [-0.15, -0.1) is 0 Å². The van der Waals surface area contributed by atoms with Crippen molar-refractivity contribution < 1.29 is 4.79 Å². The number of aromatic nitrogens is 2. The first-order valence-electron chi connectivity index (χ1n) is 8.48. The van der Waals surface area contributed by atoms with E-state index in [1.165, 1.54) is 6.42 Å². The Labute approximate surface area is 142 Å². The maximum Gasteiger partial charge on any atom is 0.227 e. The lowest BCUT2D eigenvalue weighted by molar-refractivity contribution is -0.117. The van der Waals surface area contributed by atoms with Crippen LogP contribution in [0.5, 0.6) is 0 Å². The van der Waals surface area contributed by atoms with Gasteiger partial charge in [0.2, 0.25) is 11.9 Å². The first-order valence-corrected chi connectivity index (χ1v) is 8.48. The number of aryl methyl sites for hydroxylation is 1. The van der Waals surface area contributed by atoms with E-state index >= 15 is 0 Å². The van der Waals surface area contributed by atoms with E-state index in [0.29, 0.717) is 24.1 Å². The molecule has 1 aliphatic carbocycles. The van der Waals surface area contributed by atoms with Gasteiger partial charge < -0.3 is 4.57 Å². The Morgan fingerprint density at radius 1 is 1.42 bits per heavy atom. The van der Waals surface area contributed by atoms with E-state index in [9.17, 15) is 4.79 Å². The number of hydrogen-bond acceptors (Lipinski definition) is 2. The van der Waals surface area contributed by atoms with Crippen LogP contribution in [0.2, 0.25) is 0 Å². The van der Waals surface area contributed by atoms with Gasteiger partial charge in [-0.3, -0.25) is 10.1 Å². The zero-order valence-corrected chi connectivity index (χ0v) is 14.8. The van der Waals surface area contributed by atoms with Crippen LogP contribution in [0.1, 0.15) is 58.1 Å². The van der Waals surface area contributed by atoms with Crippen LogP contribution in [-0.4, -0.2) is 15.5 Å². The summed E-state index contributed by atoms with van der Waals surface area (Å²) in [4.78, 5) is 20.6. The Morgan fingerprint density at radius 3 is 2.67 bits per heavy atom. The minimum absolute atomic E-state index is 0.0134. The molecule has 5 nitrogen and oxygen atoms in total. The van der Waals surface area contributed by atoms with E-state index in [2.05, 4.69) is 19.7 Å². The van der Waals surface area contributed by atoms with Crippen molar-refractivity contribution in [1.82, 2.24) is 9.55 Å². The lowest BCUT2D eigenvalue weighted by Gasteiger charge is -2.29. The number of benzene rings is 1. The highest BCUT2D eigenvalue weighted by Crippen LogP contribution is 2.39. The van der Waals surface area contributed by atoms with E-state index < -0.39 is 0 Å². The normalized spacial score (nSPS) is 15.1. The van der Waals surface area contributed by atoms with Gasteiger partial charge in [0.25, 0.3) is 0 Å². The number of nitrogens with zero attached hydrogens (tertiary/aromatic N) is 3. The van der Waals surface area contributed by atoms with Crippen molar-refractivity contribution in [2.75, 3.05) is 5.32 Å². The first kappa shape index (κ1) is 16.5. The molecule has 5 heteroatoms. The molecule has 0 spiro atoms. The molecule has 0 atom stereocenters. The standard InChI is InChI=1S/C19H24N4O/c1-12-9-15-16(10-14(12)20-5)23(13-7-6-8-13)18(21-15)22-17(24)11-19(2,3)4/h9-10,13H,6-8,11H2,1-4H3,(H,21,22,24). The van der Waals surface area contributed by atoms with Crippen LogP contribution in [0.3, 0.4) is 0 Å². The van der Waals surface area contributed by atoms with Gasteiger partial charge in [-0.1, -0.05) is 20.8 Å². The highest BCUT2D eigenvalue weighted by Gasteiger charge is 2.26. The van der Waals surface area contributed by atoms with Crippen LogP contribution < -0.4 is 5.32 Å². The summed E-state index contributed by atoms with van der Waals surface area (Å²) in [5.41, 5.74) is 3.30. The SMILES string of the molecule is [C-]#[N+]c1cc2c(cc1C)nc(NC(=O)CC(C)(C)C)n2C1CCC1. The molecule has 0 bridgehead atoms. The fraction of sp³-hybridized carbons (Fsp3) is 0.526. The van der Waals surface area contributed by atoms with Crippen LogP contribution in [0.15, 0.2) is 12.1 Å². The summed E-state index contributed by atoms with van der Waals surface area (Å²) in [6.45, 7) is 15.4. The maximum atomic E-state index is 12.4. The second kappa shape index (κ2) is 5.94. The number of hydrogen-bond donors (Lipinski definition) is 1. The number of rotatable bonds is 3. The predicted molar refractivity (Wildman–Crippen MR) is 96.3 cm³/mol. The summed E-state index contributed by atoms with van der Waals surface area (Å²) < 4.78 is 2.12. The van der Waals surface area contributed by atoms with Crippen molar-refractivity contribution >= 4 is 28.6 Å². The summed E-state index contributed by atoms with van der Waals surface area (Å²) in [5.74, 6) is 0.603. The second-order valence-electron chi connectivity index (χ2n) is 7.91. The molecule has 1 saturated carbocycles. The van der Waals surface area contributed by atoms with E-state index in [-0.39, 0.29) is 11.3 Å². The molecule has 126 valence electrons. The lowest BCUT2D eigenvalue weighted by Crippen LogP contribution is -2.24. The average Bonchev–Trinajstić information content (AvgIpc) is 2.71. The van der Waals surface area contributed by atoms with Gasteiger partial charge in [0.15, 0.2) is 5.69 Å².